The lowest BCUT2D eigenvalue weighted by molar-refractivity contribution is 0.321. The van der Waals surface area contributed by atoms with E-state index in [4.69, 9.17) is 32.7 Å². The number of alkyl halides is 1. The minimum atomic E-state index is 0.297. The fourth-order valence-electron chi connectivity index (χ4n) is 1.69. The van der Waals surface area contributed by atoms with Crippen LogP contribution in [0.2, 0.25) is 5.02 Å². The summed E-state index contributed by atoms with van der Waals surface area (Å²) >= 11 is 12.0. The van der Waals surface area contributed by atoms with E-state index in [0.29, 0.717) is 34.8 Å². The van der Waals surface area contributed by atoms with Gasteiger partial charge in [-0.25, -0.2) is 0 Å². The van der Waals surface area contributed by atoms with E-state index >= 15 is 0 Å². The molecule has 2 nitrogen and oxygen atoms in total. The molecule has 0 aromatic heterocycles. The SMILES string of the molecule is CCOc1ccccc1Oc1cccc(Cl)c1CCl. The van der Waals surface area contributed by atoms with Gasteiger partial charge < -0.3 is 9.47 Å². The van der Waals surface area contributed by atoms with Gasteiger partial charge in [-0.1, -0.05) is 29.8 Å². The monoisotopic (exact) mass is 296 g/mol. The molecule has 2 aromatic rings. The first-order chi connectivity index (χ1) is 9.26. The lowest BCUT2D eigenvalue weighted by atomic mass is 10.2. The molecular weight excluding hydrogens is 283 g/mol. The maximum absolute atomic E-state index is 6.10. The highest BCUT2D eigenvalue weighted by Gasteiger charge is 2.10. The Bertz CT molecular complexity index is 556. The Hall–Kier alpha value is -1.38. The fourth-order valence-corrected chi connectivity index (χ4v) is 2.27. The summed E-state index contributed by atoms with van der Waals surface area (Å²) in [6.07, 6.45) is 0. The van der Waals surface area contributed by atoms with Gasteiger partial charge in [-0.05, 0) is 31.2 Å². The van der Waals surface area contributed by atoms with E-state index in [1.165, 1.54) is 0 Å². The Morgan fingerprint density at radius 1 is 0.947 bits per heavy atom. The zero-order valence-corrected chi connectivity index (χ0v) is 12.0. The summed E-state index contributed by atoms with van der Waals surface area (Å²) in [5, 5.41) is 0.599. The van der Waals surface area contributed by atoms with Crippen molar-refractivity contribution in [2.45, 2.75) is 12.8 Å². The van der Waals surface area contributed by atoms with E-state index in [-0.39, 0.29) is 0 Å². The van der Waals surface area contributed by atoms with Gasteiger partial charge >= 0.3 is 0 Å². The number of benzene rings is 2. The summed E-state index contributed by atoms with van der Waals surface area (Å²) in [7, 11) is 0. The largest absolute Gasteiger partial charge is 0.490 e. The maximum Gasteiger partial charge on any atom is 0.169 e. The van der Waals surface area contributed by atoms with Crippen LogP contribution >= 0.6 is 23.2 Å². The molecule has 0 unspecified atom stereocenters. The van der Waals surface area contributed by atoms with E-state index in [2.05, 4.69) is 0 Å². The molecule has 0 aliphatic rings. The zero-order valence-electron chi connectivity index (χ0n) is 10.5. The predicted octanol–water partition coefficient (Wildman–Crippen LogP) is 5.27. The van der Waals surface area contributed by atoms with E-state index in [0.717, 1.165) is 5.56 Å². The van der Waals surface area contributed by atoms with Crippen molar-refractivity contribution in [1.82, 2.24) is 0 Å². The molecule has 0 N–H and O–H groups in total. The van der Waals surface area contributed by atoms with Crippen molar-refractivity contribution >= 4 is 23.2 Å². The first kappa shape index (κ1) is 14.0. The van der Waals surface area contributed by atoms with Crippen LogP contribution in [0.5, 0.6) is 17.2 Å². The molecule has 0 bridgehead atoms. The van der Waals surface area contributed by atoms with Gasteiger partial charge in [0.05, 0.1) is 12.5 Å². The van der Waals surface area contributed by atoms with Crippen LogP contribution in [0.15, 0.2) is 42.5 Å². The molecule has 19 heavy (non-hydrogen) atoms. The summed E-state index contributed by atoms with van der Waals surface area (Å²) in [4.78, 5) is 0. The molecule has 0 amide bonds. The Morgan fingerprint density at radius 2 is 1.63 bits per heavy atom. The smallest absolute Gasteiger partial charge is 0.169 e. The molecule has 0 aliphatic heterocycles. The third-order valence-corrected chi connectivity index (χ3v) is 3.20. The molecular formula is C15H14Cl2O2. The molecule has 2 rings (SSSR count). The standard InChI is InChI=1S/C15H14Cl2O2/c1-2-18-14-7-3-4-8-15(14)19-13-9-5-6-12(17)11(13)10-16/h3-9H,2,10H2,1H3. The van der Waals surface area contributed by atoms with Crippen LogP contribution in [0, 0.1) is 0 Å². The topological polar surface area (TPSA) is 18.5 Å². The van der Waals surface area contributed by atoms with Crippen molar-refractivity contribution in [1.29, 1.82) is 0 Å². The first-order valence-electron chi connectivity index (χ1n) is 5.99. The average Bonchev–Trinajstić information content (AvgIpc) is 2.41. The van der Waals surface area contributed by atoms with E-state index in [1.54, 1.807) is 6.07 Å². The van der Waals surface area contributed by atoms with Crippen LogP contribution in [0.4, 0.5) is 0 Å². The fraction of sp³-hybridized carbons (Fsp3) is 0.200. The van der Waals surface area contributed by atoms with Gasteiger partial charge in [0, 0.05) is 10.6 Å². The Labute approximate surface area is 122 Å². The van der Waals surface area contributed by atoms with Gasteiger partial charge in [0.15, 0.2) is 11.5 Å². The van der Waals surface area contributed by atoms with E-state index in [1.807, 2.05) is 43.3 Å². The van der Waals surface area contributed by atoms with Crippen LogP contribution < -0.4 is 9.47 Å². The number of hydrogen-bond acceptors (Lipinski definition) is 2. The van der Waals surface area contributed by atoms with Crippen LogP contribution in [-0.2, 0) is 5.88 Å². The molecule has 2 aromatic carbocycles. The molecule has 100 valence electrons. The van der Waals surface area contributed by atoms with Gasteiger partial charge in [-0.2, -0.15) is 0 Å². The molecule has 0 spiro atoms. The first-order valence-corrected chi connectivity index (χ1v) is 6.90. The molecule has 0 saturated heterocycles. The van der Waals surface area contributed by atoms with Crippen LogP contribution in [0.25, 0.3) is 0 Å². The normalized spacial score (nSPS) is 10.3. The second-order valence-corrected chi connectivity index (χ2v) is 4.51. The van der Waals surface area contributed by atoms with Crippen LogP contribution in [0.1, 0.15) is 12.5 Å². The Morgan fingerprint density at radius 3 is 2.32 bits per heavy atom. The van der Waals surface area contributed by atoms with Gasteiger partial charge in [-0.15, -0.1) is 11.6 Å². The Kier molecular flexibility index (Phi) is 4.94. The number of halogens is 2. The quantitative estimate of drug-likeness (QED) is 0.700. The van der Waals surface area contributed by atoms with Crippen molar-refractivity contribution in [2.75, 3.05) is 6.61 Å². The average molecular weight is 297 g/mol. The van der Waals surface area contributed by atoms with Crippen molar-refractivity contribution in [3.05, 3.63) is 53.1 Å². The van der Waals surface area contributed by atoms with Crippen LogP contribution in [0.3, 0.4) is 0 Å². The second kappa shape index (κ2) is 6.69. The number of rotatable bonds is 5. The number of ether oxygens (including phenoxy) is 2. The van der Waals surface area contributed by atoms with Crippen molar-refractivity contribution < 1.29 is 9.47 Å². The summed E-state index contributed by atoms with van der Waals surface area (Å²) in [6.45, 7) is 2.51. The molecule has 0 atom stereocenters. The highest BCUT2D eigenvalue weighted by molar-refractivity contribution is 6.32. The lowest BCUT2D eigenvalue weighted by Crippen LogP contribution is -1.96. The van der Waals surface area contributed by atoms with Crippen molar-refractivity contribution in [3.8, 4) is 17.2 Å². The highest BCUT2D eigenvalue weighted by Crippen LogP contribution is 2.35. The van der Waals surface area contributed by atoms with E-state index in [9.17, 15) is 0 Å². The predicted molar refractivity (Wildman–Crippen MR) is 78.7 cm³/mol. The summed E-state index contributed by atoms with van der Waals surface area (Å²) in [5.41, 5.74) is 0.775. The van der Waals surface area contributed by atoms with Crippen molar-refractivity contribution in [2.24, 2.45) is 0 Å². The molecule has 0 aliphatic carbocycles. The Balaban J connectivity index is 2.33. The van der Waals surface area contributed by atoms with Gasteiger partial charge in [0.2, 0.25) is 0 Å². The van der Waals surface area contributed by atoms with Gasteiger partial charge in [-0.3, -0.25) is 0 Å². The van der Waals surface area contributed by atoms with E-state index < -0.39 is 0 Å². The molecule has 4 heteroatoms. The van der Waals surface area contributed by atoms with Crippen molar-refractivity contribution in [3.63, 3.8) is 0 Å². The third-order valence-electron chi connectivity index (χ3n) is 2.58. The second-order valence-electron chi connectivity index (χ2n) is 3.83. The molecule has 0 heterocycles. The number of para-hydroxylation sites is 2. The lowest BCUT2D eigenvalue weighted by Gasteiger charge is -2.14. The minimum absolute atomic E-state index is 0.297. The molecule has 0 radical (unpaired) electrons. The summed E-state index contributed by atoms with van der Waals surface area (Å²) in [6, 6.07) is 13.0. The maximum atomic E-state index is 6.10. The summed E-state index contributed by atoms with van der Waals surface area (Å²) in [5.74, 6) is 2.30. The van der Waals surface area contributed by atoms with Gasteiger partial charge in [0.1, 0.15) is 5.75 Å². The summed E-state index contributed by atoms with van der Waals surface area (Å²) < 4.78 is 11.4. The third kappa shape index (κ3) is 3.34. The molecule has 0 fully saturated rings. The minimum Gasteiger partial charge on any atom is -0.490 e. The molecule has 0 saturated carbocycles. The highest BCUT2D eigenvalue weighted by atomic mass is 35.5. The van der Waals surface area contributed by atoms with Gasteiger partial charge in [0.25, 0.3) is 0 Å². The zero-order chi connectivity index (χ0) is 13.7. The number of hydrogen-bond donors (Lipinski definition) is 0. The van der Waals surface area contributed by atoms with Crippen LogP contribution in [-0.4, -0.2) is 6.61 Å².